The van der Waals surface area contributed by atoms with Gasteiger partial charge in [-0.1, -0.05) is 23.0 Å². The highest BCUT2D eigenvalue weighted by Gasteiger charge is 2.54. The zero-order valence-electron chi connectivity index (χ0n) is 18.3. The largest absolute Gasteiger partial charge is 0.477 e. The predicted octanol–water partition coefficient (Wildman–Crippen LogP) is 1.96. The minimum Gasteiger partial charge on any atom is -0.477 e. The number of anilines is 1. The second-order valence-electron chi connectivity index (χ2n) is 7.07. The van der Waals surface area contributed by atoms with Crippen molar-refractivity contribution < 1.29 is 24.3 Å². The highest BCUT2D eigenvalue weighted by atomic mass is 32.2. The van der Waals surface area contributed by atoms with Crippen molar-refractivity contribution >= 4 is 69.6 Å². The van der Waals surface area contributed by atoms with Crippen molar-refractivity contribution in [3.63, 3.8) is 0 Å². The monoisotopic (exact) mass is 532 g/mol. The molecule has 2 aromatic rings. The SMILES string of the molecule is CCON=C(C(=O)NC1C(=O)N2C(C(=O)O)=C(SC=Cc3cccnc3)CS[C@@H]12)c1csc(N)n1. The Morgan fingerprint density at radius 1 is 1.49 bits per heavy atom. The molecule has 4 rings (SSSR count). The quantitative estimate of drug-likeness (QED) is 0.247. The van der Waals surface area contributed by atoms with Crippen LogP contribution in [0.2, 0.25) is 0 Å². The van der Waals surface area contributed by atoms with Gasteiger partial charge in [0.05, 0.1) is 0 Å². The molecule has 35 heavy (non-hydrogen) atoms. The molecule has 2 aliphatic heterocycles. The summed E-state index contributed by atoms with van der Waals surface area (Å²) in [6.45, 7) is 1.94. The lowest BCUT2D eigenvalue weighted by atomic mass is 10.0. The Labute approximate surface area is 212 Å². The molecule has 2 aromatic heterocycles. The Balaban J connectivity index is 1.49. The van der Waals surface area contributed by atoms with Crippen LogP contribution in [0.1, 0.15) is 18.2 Å². The van der Waals surface area contributed by atoms with Crippen molar-refractivity contribution in [1.82, 2.24) is 20.2 Å². The van der Waals surface area contributed by atoms with Crippen LogP contribution in [0.15, 0.2) is 51.1 Å². The van der Waals surface area contributed by atoms with E-state index in [0.29, 0.717) is 10.7 Å². The lowest BCUT2D eigenvalue weighted by Gasteiger charge is -2.49. The molecule has 2 atom stereocenters. The molecule has 2 amide bonds. The minimum atomic E-state index is -1.21. The first-order valence-electron chi connectivity index (χ1n) is 10.3. The number of nitrogens with zero attached hydrogens (tertiary/aromatic N) is 4. The molecular weight excluding hydrogens is 512 g/mol. The Bertz CT molecular complexity index is 1230. The molecule has 2 aliphatic rings. The van der Waals surface area contributed by atoms with Gasteiger partial charge < -0.3 is 21.0 Å². The summed E-state index contributed by atoms with van der Waals surface area (Å²) in [5.41, 5.74) is 6.56. The second-order valence-corrected chi connectivity index (χ2v) is 10.1. The summed E-state index contributed by atoms with van der Waals surface area (Å²) in [5, 5.41) is 19.3. The number of rotatable bonds is 9. The molecule has 1 saturated heterocycles. The third-order valence-corrected chi connectivity index (χ3v) is 7.87. The fourth-order valence-corrected chi connectivity index (χ4v) is 6.20. The molecule has 0 aromatic carbocycles. The molecule has 0 bridgehead atoms. The summed E-state index contributed by atoms with van der Waals surface area (Å²) in [6, 6.07) is 2.76. The molecule has 4 heterocycles. The van der Waals surface area contributed by atoms with E-state index in [9.17, 15) is 19.5 Å². The van der Waals surface area contributed by atoms with Gasteiger partial charge in [-0.2, -0.15) is 0 Å². The average molecular weight is 533 g/mol. The Morgan fingerprint density at radius 2 is 2.31 bits per heavy atom. The van der Waals surface area contributed by atoms with Gasteiger partial charge in [0.1, 0.15) is 29.4 Å². The molecule has 11 nitrogen and oxygen atoms in total. The van der Waals surface area contributed by atoms with Crippen LogP contribution < -0.4 is 11.1 Å². The number of carboxylic acids is 1. The van der Waals surface area contributed by atoms with Gasteiger partial charge in [-0.3, -0.25) is 19.5 Å². The smallest absolute Gasteiger partial charge is 0.353 e. The number of hydrogen-bond donors (Lipinski definition) is 3. The summed E-state index contributed by atoms with van der Waals surface area (Å²) in [4.78, 5) is 52.7. The lowest BCUT2D eigenvalue weighted by molar-refractivity contribution is -0.150. The molecular formula is C21H20N6O5S3. The summed E-state index contributed by atoms with van der Waals surface area (Å²) in [6.07, 6.45) is 5.16. The van der Waals surface area contributed by atoms with Crippen molar-refractivity contribution in [3.8, 4) is 0 Å². The number of nitrogen functional groups attached to an aromatic ring is 1. The number of fused-ring (bicyclic) bond motifs is 1. The third kappa shape index (κ3) is 5.33. The van der Waals surface area contributed by atoms with Crippen molar-refractivity contribution in [2.24, 2.45) is 5.16 Å². The Kier molecular flexibility index (Phi) is 7.73. The molecule has 4 N–H and O–H groups in total. The van der Waals surface area contributed by atoms with Crippen molar-refractivity contribution in [2.75, 3.05) is 18.1 Å². The number of thiazole rings is 1. The number of nitrogens with two attached hydrogens (primary N) is 1. The summed E-state index contributed by atoms with van der Waals surface area (Å²) in [5.74, 6) is -2.02. The minimum absolute atomic E-state index is 0.0828. The maximum Gasteiger partial charge on any atom is 0.353 e. The van der Waals surface area contributed by atoms with Gasteiger partial charge >= 0.3 is 5.97 Å². The maximum atomic E-state index is 12.9. The molecule has 0 aliphatic carbocycles. The van der Waals surface area contributed by atoms with Crippen LogP contribution in [0, 0.1) is 0 Å². The number of carbonyl (C=O) groups excluding carboxylic acids is 2. The molecule has 1 fully saturated rings. The number of hydrogen-bond acceptors (Lipinski definition) is 11. The van der Waals surface area contributed by atoms with E-state index in [1.807, 2.05) is 12.1 Å². The van der Waals surface area contributed by atoms with Crippen LogP contribution in [0.4, 0.5) is 5.13 Å². The van der Waals surface area contributed by atoms with E-state index in [4.69, 9.17) is 10.6 Å². The van der Waals surface area contributed by atoms with Crippen molar-refractivity contribution in [2.45, 2.75) is 18.3 Å². The number of thioether (sulfide) groups is 2. The van der Waals surface area contributed by atoms with E-state index in [1.54, 1.807) is 36.2 Å². The molecule has 1 unspecified atom stereocenters. The molecule has 0 saturated carbocycles. The zero-order chi connectivity index (χ0) is 24.9. The number of pyridine rings is 1. The van der Waals surface area contributed by atoms with Gasteiger partial charge in [0.15, 0.2) is 10.8 Å². The third-order valence-electron chi connectivity index (χ3n) is 4.84. The number of aliphatic carboxylic acids is 1. The molecule has 182 valence electrons. The standard InChI is InChI=1S/C21H20N6O5S3/c1-2-32-26-14(12-9-35-21(22)24-12)17(28)25-15-18(29)27-16(20(30)31)13(10-34-19(15)27)33-7-5-11-4-3-6-23-8-11/h3-9,15,19H,2,10H2,1H3,(H2,22,24)(H,25,28)(H,30,31)/t15?,19-/m0/s1. The number of aromatic nitrogens is 2. The molecule has 0 radical (unpaired) electrons. The van der Waals surface area contributed by atoms with Crippen LogP contribution in [0.25, 0.3) is 6.08 Å². The predicted molar refractivity (Wildman–Crippen MR) is 135 cm³/mol. The normalized spacial score (nSPS) is 20.0. The topological polar surface area (TPSA) is 160 Å². The maximum absolute atomic E-state index is 12.9. The van der Waals surface area contributed by atoms with Crippen LogP contribution in [0.5, 0.6) is 0 Å². The van der Waals surface area contributed by atoms with E-state index in [1.165, 1.54) is 28.4 Å². The van der Waals surface area contributed by atoms with E-state index in [-0.39, 0.29) is 28.8 Å². The van der Waals surface area contributed by atoms with Crippen LogP contribution in [-0.4, -0.2) is 67.2 Å². The van der Waals surface area contributed by atoms with Gasteiger partial charge in [-0.05, 0) is 30.0 Å². The van der Waals surface area contributed by atoms with E-state index in [0.717, 1.165) is 16.9 Å². The fraction of sp³-hybridized carbons (Fsp3) is 0.238. The number of β-lactam (4-membered cyclic amide) rings is 1. The van der Waals surface area contributed by atoms with Gasteiger partial charge in [-0.15, -0.1) is 23.1 Å². The average Bonchev–Trinajstić information content (AvgIpc) is 3.28. The van der Waals surface area contributed by atoms with Gasteiger partial charge in [-0.25, -0.2) is 9.78 Å². The fourth-order valence-electron chi connectivity index (χ4n) is 3.29. The van der Waals surface area contributed by atoms with E-state index in [2.05, 4.69) is 20.4 Å². The molecule has 0 spiro atoms. The second kappa shape index (κ2) is 10.9. The molecule has 14 heteroatoms. The van der Waals surface area contributed by atoms with Crippen LogP contribution in [-0.2, 0) is 19.2 Å². The highest BCUT2D eigenvalue weighted by Crippen LogP contribution is 2.43. The Hall–Kier alpha value is -3.36. The number of nitrogens with one attached hydrogen (secondary N) is 1. The number of carbonyl (C=O) groups is 3. The lowest BCUT2D eigenvalue weighted by Crippen LogP contribution is -2.71. The first kappa shape index (κ1) is 24.8. The van der Waals surface area contributed by atoms with Gasteiger partial charge in [0, 0.05) is 28.4 Å². The number of carboxylic acid groups (broad SMARTS) is 1. The van der Waals surface area contributed by atoms with Crippen LogP contribution in [0.3, 0.4) is 0 Å². The first-order chi connectivity index (χ1) is 16.9. The summed E-state index contributed by atoms with van der Waals surface area (Å²) >= 11 is 3.74. The van der Waals surface area contributed by atoms with Gasteiger partial charge in [0.25, 0.3) is 11.8 Å². The summed E-state index contributed by atoms with van der Waals surface area (Å²) < 4.78 is 0. The van der Waals surface area contributed by atoms with Crippen molar-refractivity contribution in [1.29, 1.82) is 0 Å². The summed E-state index contributed by atoms with van der Waals surface area (Å²) in [7, 11) is 0. The van der Waals surface area contributed by atoms with E-state index >= 15 is 0 Å². The van der Waals surface area contributed by atoms with Gasteiger partial charge in [0.2, 0.25) is 0 Å². The number of amides is 2. The van der Waals surface area contributed by atoms with E-state index < -0.39 is 29.2 Å². The Morgan fingerprint density at radius 3 is 2.97 bits per heavy atom. The number of oxime groups is 1. The zero-order valence-corrected chi connectivity index (χ0v) is 20.7. The first-order valence-corrected chi connectivity index (χ1v) is 13.1. The highest BCUT2D eigenvalue weighted by molar-refractivity contribution is 8.08. The van der Waals surface area contributed by atoms with Crippen molar-refractivity contribution in [3.05, 3.63) is 57.2 Å². The van der Waals surface area contributed by atoms with Crippen LogP contribution >= 0.6 is 34.9 Å².